The van der Waals surface area contributed by atoms with Gasteiger partial charge in [0.2, 0.25) is 0 Å². The fourth-order valence-electron chi connectivity index (χ4n) is 1.94. The van der Waals surface area contributed by atoms with Crippen molar-refractivity contribution in [3.05, 3.63) is 0 Å². The minimum atomic E-state index is -0.0761. The Balaban J connectivity index is 2.16. The smallest absolute Gasteiger partial charge is 0.320 e. The van der Waals surface area contributed by atoms with Crippen LogP contribution in [0.2, 0.25) is 0 Å². The van der Waals surface area contributed by atoms with Crippen molar-refractivity contribution in [2.45, 2.75) is 32.2 Å². The van der Waals surface area contributed by atoms with Crippen LogP contribution < -0.4 is 0 Å². The summed E-state index contributed by atoms with van der Waals surface area (Å²) in [4.78, 5) is 15.9. The minimum Gasteiger partial charge on any atom is -0.465 e. The summed E-state index contributed by atoms with van der Waals surface area (Å²) < 4.78 is 5.15. The van der Waals surface area contributed by atoms with E-state index < -0.39 is 0 Å². The molecular formula is C12H24N2O2. The van der Waals surface area contributed by atoms with E-state index in [4.69, 9.17) is 4.74 Å². The highest BCUT2D eigenvalue weighted by atomic mass is 16.5. The lowest BCUT2D eigenvalue weighted by Gasteiger charge is -2.19. The van der Waals surface area contributed by atoms with Crippen LogP contribution in [0.15, 0.2) is 0 Å². The van der Waals surface area contributed by atoms with Crippen LogP contribution in [0, 0.1) is 0 Å². The Morgan fingerprint density at radius 1 is 1.50 bits per heavy atom. The lowest BCUT2D eigenvalue weighted by atomic mass is 10.2. The first-order valence-corrected chi connectivity index (χ1v) is 6.18. The second-order valence-electron chi connectivity index (χ2n) is 4.72. The number of esters is 1. The molecule has 1 heterocycles. The average Bonchev–Trinajstić information content (AvgIpc) is 2.66. The van der Waals surface area contributed by atoms with Gasteiger partial charge in [-0.1, -0.05) is 13.3 Å². The number of ether oxygens (including phenoxy) is 1. The van der Waals surface area contributed by atoms with Gasteiger partial charge >= 0.3 is 5.97 Å². The number of hydrogen-bond donors (Lipinski definition) is 0. The molecule has 1 rings (SSSR count). The fraction of sp³-hybridized carbons (Fsp3) is 0.917. The second-order valence-corrected chi connectivity index (χ2v) is 4.72. The van der Waals surface area contributed by atoms with Crippen LogP contribution >= 0.6 is 0 Å². The first-order chi connectivity index (χ1) is 7.63. The topological polar surface area (TPSA) is 32.8 Å². The molecule has 1 aliphatic rings. The van der Waals surface area contributed by atoms with Crippen molar-refractivity contribution >= 4 is 5.97 Å². The molecule has 0 radical (unpaired) electrons. The summed E-state index contributed by atoms with van der Waals surface area (Å²) in [5.41, 5.74) is 0. The minimum absolute atomic E-state index is 0.0761. The Labute approximate surface area is 98.5 Å². The molecule has 16 heavy (non-hydrogen) atoms. The van der Waals surface area contributed by atoms with Crippen molar-refractivity contribution in [3.8, 4) is 0 Å². The van der Waals surface area contributed by atoms with Crippen molar-refractivity contribution in [2.24, 2.45) is 0 Å². The van der Waals surface area contributed by atoms with Gasteiger partial charge in [0.1, 0.15) is 0 Å². The van der Waals surface area contributed by atoms with Crippen molar-refractivity contribution in [1.29, 1.82) is 0 Å². The maximum absolute atomic E-state index is 11.5. The van der Waals surface area contributed by atoms with E-state index in [0.717, 1.165) is 32.4 Å². The molecule has 1 unspecified atom stereocenters. The van der Waals surface area contributed by atoms with E-state index in [9.17, 15) is 4.79 Å². The number of hydrogen-bond acceptors (Lipinski definition) is 4. The molecule has 0 saturated carbocycles. The van der Waals surface area contributed by atoms with Crippen LogP contribution in [0.3, 0.4) is 0 Å². The Morgan fingerprint density at radius 2 is 2.25 bits per heavy atom. The summed E-state index contributed by atoms with van der Waals surface area (Å²) in [5, 5.41) is 0. The quantitative estimate of drug-likeness (QED) is 0.501. The predicted octanol–water partition coefficient (Wildman–Crippen LogP) is 0.966. The average molecular weight is 228 g/mol. The zero-order valence-corrected chi connectivity index (χ0v) is 10.7. The van der Waals surface area contributed by atoms with Gasteiger partial charge in [-0.2, -0.15) is 0 Å². The van der Waals surface area contributed by atoms with Gasteiger partial charge in [0.25, 0.3) is 0 Å². The van der Waals surface area contributed by atoms with Crippen LogP contribution in [-0.4, -0.2) is 62.1 Å². The molecule has 0 amide bonds. The molecule has 0 bridgehead atoms. The molecule has 94 valence electrons. The van der Waals surface area contributed by atoms with E-state index in [1.807, 2.05) is 0 Å². The molecule has 0 N–H and O–H groups in total. The third-order valence-electron chi connectivity index (χ3n) is 3.09. The SMILES string of the molecule is CCCCOC(=O)CN1CCC(N(C)C)C1. The summed E-state index contributed by atoms with van der Waals surface area (Å²) >= 11 is 0. The van der Waals surface area contributed by atoms with E-state index in [1.165, 1.54) is 0 Å². The van der Waals surface area contributed by atoms with Gasteiger partial charge in [-0.3, -0.25) is 9.69 Å². The highest BCUT2D eigenvalue weighted by molar-refractivity contribution is 5.71. The van der Waals surface area contributed by atoms with Gasteiger partial charge in [-0.25, -0.2) is 0 Å². The van der Waals surface area contributed by atoms with Crippen LogP contribution in [0.25, 0.3) is 0 Å². The Hall–Kier alpha value is -0.610. The third kappa shape index (κ3) is 4.49. The van der Waals surface area contributed by atoms with Crippen molar-refractivity contribution in [1.82, 2.24) is 9.80 Å². The Bertz CT molecular complexity index is 219. The summed E-state index contributed by atoms with van der Waals surface area (Å²) in [6.45, 7) is 5.10. The first-order valence-electron chi connectivity index (χ1n) is 6.18. The molecule has 4 heteroatoms. The van der Waals surface area contributed by atoms with E-state index in [1.54, 1.807) is 0 Å². The zero-order chi connectivity index (χ0) is 12.0. The first kappa shape index (κ1) is 13.5. The largest absolute Gasteiger partial charge is 0.465 e. The van der Waals surface area contributed by atoms with E-state index in [-0.39, 0.29) is 5.97 Å². The number of likely N-dealkylation sites (N-methyl/N-ethyl adjacent to an activating group) is 1. The van der Waals surface area contributed by atoms with Crippen LogP contribution in [-0.2, 0) is 9.53 Å². The third-order valence-corrected chi connectivity index (χ3v) is 3.09. The lowest BCUT2D eigenvalue weighted by molar-refractivity contribution is -0.144. The van der Waals surface area contributed by atoms with Gasteiger partial charge < -0.3 is 9.64 Å². The molecule has 1 aliphatic heterocycles. The summed E-state index contributed by atoms with van der Waals surface area (Å²) in [5.74, 6) is -0.0761. The van der Waals surface area contributed by atoms with Crippen molar-refractivity contribution < 1.29 is 9.53 Å². The predicted molar refractivity (Wildman–Crippen MR) is 64.4 cm³/mol. The van der Waals surface area contributed by atoms with Crippen molar-refractivity contribution in [3.63, 3.8) is 0 Å². The molecular weight excluding hydrogens is 204 g/mol. The van der Waals surface area contributed by atoms with E-state index in [2.05, 4.69) is 30.8 Å². The monoisotopic (exact) mass is 228 g/mol. The summed E-state index contributed by atoms with van der Waals surface area (Å²) in [6, 6.07) is 0.587. The molecule has 0 aromatic rings. The molecule has 0 spiro atoms. The highest BCUT2D eigenvalue weighted by Crippen LogP contribution is 2.12. The van der Waals surface area contributed by atoms with Crippen molar-refractivity contribution in [2.75, 3.05) is 40.3 Å². The van der Waals surface area contributed by atoms with Gasteiger partial charge in [-0.15, -0.1) is 0 Å². The molecule has 4 nitrogen and oxygen atoms in total. The zero-order valence-electron chi connectivity index (χ0n) is 10.7. The Kier molecular flexibility index (Phi) is 5.77. The fourth-order valence-corrected chi connectivity index (χ4v) is 1.94. The molecule has 0 aromatic heterocycles. The maximum Gasteiger partial charge on any atom is 0.320 e. The normalized spacial score (nSPS) is 21.6. The van der Waals surface area contributed by atoms with Crippen LogP contribution in [0.1, 0.15) is 26.2 Å². The second kappa shape index (κ2) is 6.86. The molecule has 1 atom stereocenters. The Morgan fingerprint density at radius 3 is 2.81 bits per heavy atom. The molecule has 1 fully saturated rings. The van der Waals surface area contributed by atoms with E-state index >= 15 is 0 Å². The van der Waals surface area contributed by atoms with Crippen LogP contribution in [0.4, 0.5) is 0 Å². The number of carbonyl (C=O) groups excluding carboxylic acids is 1. The van der Waals surface area contributed by atoms with Gasteiger partial charge in [0.15, 0.2) is 0 Å². The van der Waals surface area contributed by atoms with Gasteiger partial charge in [0, 0.05) is 19.1 Å². The maximum atomic E-state index is 11.5. The molecule has 0 aliphatic carbocycles. The number of carbonyl (C=O) groups is 1. The van der Waals surface area contributed by atoms with Gasteiger partial charge in [-0.05, 0) is 26.9 Å². The molecule has 0 aromatic carbocycles. The van der Waals surface area contributed by atoms with Crippen LogP contribution in [0.5, 0.6) is 0 Å². The summed E-state index contributed by atoms with van der Waals surface area (Å²) in [7, 11) is 4.18. The lowest BCUT2D eigenvalue weighted by Crippen LogP contribution is -2.34. The molecule has 1 saturated heterocycles. The standard InChI is InChI=1S/C12H24N2O2/c1-4-5-8-16-12(15)10-14-7-6-11(9-14)13(2)3/h11H,4-10H2,1-3H3. The number of likely N-dealkylation sites (tertiary alicyclic amines) is 1. The van der Waals surface area contributed by atoms with Gasteiger partial charge in [0.05, 0.1) is 13.2 Å². The number of rotatable bonds is 6. The summed E-state index contributed by atoms with van der Waals surface area (Å²) in [6.07, 6.45) is 3.18. The van der Waals surface area contributed by atoms with E-state index in [0.29, 0.717) is 19.2 Å². The highest BCUT2D eigenvalue weighted by Gasteiger charge is 2.25. The number of unbranched alkanes of at least 4 members (excludes halogenated alkanes) is 1. The number of nitrogens with zero attached hydrogens (tertiary/aromatic N) is 2.